The van der Waals surface area contributed by atoms with E-state index in [0.717, 1.165) is 24.5 Å². The van der Waals surface area contributed by atoms with E-state index in [1.54, 1.807) is 0 Å². The van der Waals surface area contributed by atoms with Gasteiger partial charge in [-0.1, -0.05) is 0 Å². The van der Waals surface area contributed by atoms with Crippen LogP contribution in [-0.4, -0.2) is 27.7 Å². The fourth-order valence-corrected chi connectivity index (χ4v) is 6.50. The fourth-order valence-electron chi connectivity index (χ4n) is 4.36. The van der Waals surface area contributed by atoms with Crippen molar-refractivity contribution in [1.29, 1.82) is 0 Å². The summed E-state index contributed by atoms with van der Waals surface area (Å²) in [5.74, 6) is 2.24. The third-order valence-corrected chi connectivity index (χ3v) is 8.75. The maximum atomic E-state index is 6.39. The molecule has 1 unspecified atom stereocenters. The molecule has 2 nitrogen and oxygen atoms in total. The van der Waals surface area contributed by atoms with Crippen LogP contribution in [0.4, 0.5) is 0 Å². The van der Waals surface area contributed by atoms with Crippen LogP contribution < -0.4 is 9.47 Å². The van der Waals surface area contributed by atoms with Crippen molar-refractivity contribution in [3.05, 3.63) is 22.3 Å². The Hall–Kier alpha value is -0.661. The summed E-state index contributed by atoms with van der Waals surface area (Å²) in [5, 5.41) is 2.67. The zero-order valence-electron chi connectivity index (χ0n) is 19.7. The number of fused-ring (bicyclic) bond motifs is 1. The van der Waals surface area contributed by atoms with Crippen LogP contribution >= 0.6 is 0 Å². The summed E-state index contributed by atoms with van der Waals surface area (Å²) in [6.45, 7) is 11.6. The minimum atomic E-state index is 0.391. The minimum absolute atomic E-state index is 0.391. The van der Waals surface area contributed by atoms with Crippen molar-refractivity contribution >= 4 is 15.0 Å². The number of rotatable bonds is 15. The van der Waals surface area contributed by atoms with Crippen molar-refractivity contribution in [2.45, 2.75) is 122 Å². The Balaban J connectivity index is 1.60. The van der Waals surface area contributed by atoms with E-state index < -0.39 is 0 Å². The molecule has 0 saturated carbocycles. The summed E-state index contributed by atoms with van der Waals surface area (Å²) in [7, 11) is 0. The molecule has 0 spiro atoms. The summed E-state index contributed by atoms with van der Waals surface area (Å²) < 4.78 is 12.3. The molecule has 0 radical (unpaired) electrons. The average molecular weight is 468 g/mol. The van der Waals surface area contributed by atoms with Crippen LogP contribution in [0.2, 0.25) is 10.6 Å². The Morgan fingerprint density at radius 1 is 0.828 bits per heavy atom. The van der Waals surface area contributed by atoms with Gasteiger partial charge in [-0.15, -0.1) is 0 Å². The number of hydrogen-bond acceptors (Lipinski definition) is 2. The van der Waals surface area contributed by atoms with E-state index >= 15 is 0 Å². The Morgan fingerprint density at radius 2 is 1.45 bits per heavy atom. The van der Waals surface area contributed by atoms with E-state index in [9.17, 15) is 0 Å². The van der Waals surface area contributed by atoms with Crippen LogP contribution in [0.1, 0.15) is 100 Å². The van der Waals surface area contributed by atoms with Gasteiger partial charge >= 0.3 is 187 Å². The van der Waals surface area contributed by atoms with Gasteiger partial charge in [0.15, 0.2) is 0 Å². The topological polar surface area (TPSA) is 18.5 Å². The van der Waals surface area contributed by atoms with Gasteiger partial charge in [-0.2, -0.15) is 0 Å². The monoisotopic (exact) mass is 468 g/mol. The van der Waals surface area contributed by atoms with Crippen LogP contribution in [-0.2, 0) is 6.42 Å². The van der Waals surface area contributed by atoms with Gasteiger partial charge in [0, 0.05) is 0 Å². The summed E-state index contributed by atoms with van der Waals surface area (Å²) in [6.07, 6.45) is 15.8. The Kier molecular flexibility index (Phi) is 11.5. The van der Waals surface area contributed by atoms with Gasteiger partial charge in [-0.05, 0) is 0 Å². The predicted molar refractivity (Wildman–Crippen MR) is 127 cm³/mol. The van der Waals surface area contributed by atoms with Gasteiger partial charge in [0.1, 0.15) is 0 Å². The number of unbranched alkanes of at least 4 members (excludes halogenated alkanes) is 9. The molecule has 1 heterocycles. The van der Waals surface area contributed by atoms with E-state index in [2.05, 4.69) is 34.6 Å². The number of ether oxygens (including phenoxy) is 2. The molecule has 1 aliphatic heterocycles. The average Bonchev–Trinajstić information content (AvgIpc) is 3.15. The molecule has 1 aromatic carbocycles. The molecule has 166 valence electrons. The third-order valence-electron chi connectivity index (χ3n) is 6.26. The molecule has 0 bridgehead atoms. The normalized spacial score (nSPS) is 15.4. The van der Waals surface area contributed by atoms with E-state index in [4.69, 9.17) is 9.47 Å². The first-order chi connectivity index (χ1) is 14.1. The van der Waals surface area contributed by atoms with Crippen molar-refractivity contribution in [3.63, 3.8) is 0 Å². The second kappa shape index (κ2) is 13.6. The molecule has 0 N–H and O–H groups in total. The van der Waals surface area contributed by atoms with Crippen molar-refractivity contribution < 1.29 is 9.47 Å². The third kappa shape index (κ3) is 7.51. The van der Waals surface area contributed by atoms with Crippen LogP contribution in [0.15, 0.2) is 0 Å². The molecular formula is C26H44O2Se. The molecule has 3 heteroatoms. The maximum absolute atomic E-state index is 6.39. The molecule has 0 fully saturated rings. The molecule has 2 rings (SSSR count). The standard InChI is InChI=1S/C26H44O2Se/c1-6-8-9-10-11-12-13-14-15-16-17-29-19-23-18-24-22(5)25(27-7-2)20(3)21(4)26(24)28-23/h23H,6-19H2,1-5H3. The fraction of sp³-hybridized carbons (Fsp3) is 0.769. The van der Waals surface area contributed by atoms with Gasteiger partial charge in [-0.3, -0.25) is 0 Å². The van der Waals surface area contributed by atoms with Crippen LogP contribution in [0.25, 0.3) is 0 Å². The summed E-state index contributed by atoms with van der Waals surface area (Å²) in [6, 6.07) is 0. The summed E-state index contributed by atoms with van der Waals surface area (Å²) in [5.41, 5.74) is 5.23. The molecule has 1 atom stereocenters. The summed E-state index contributed by atoms with van der Waals surface area (Å²) in [4.78, 5) is 0. The number of benzene rings is 1. The molecule has 1 aromatic rings. The first-order valence-electron chi connectivity index (χ1n) is 12.1. The second-order valence-corrected chi connectivity index (χ2v) is 11.1. The van der Waals surface area contributed by atoms with Crippen LogP contribution in [0.3, 0.4) is 0 Å². The molecule has 29 heavy (non-hydrogen) atoms. The SMILES string of the molecule is CCCCCCCCCCCC[Se]CC1Cc2c(C)c(OCC)c(C)c(C)c2O1. The van der Waals surface area contributed by atoms with Crippen molar-refractivity contribution in [1.82, 2.24) is 0 Å². The molecule has 0 saturated heterocycles. The molecule has 1 aliphatic rings. The van der Waals surface area contributed by atoms with E-state index in [0.29, 0.717) is 21.1 Å². The Labute approximate surface area is 186 Å². The zero-order valence-corrected chi connectivity index (χ0v) is 21.4. The summed E-state index contributed by atoms with van der Waals surface area (Å²) >= 11 is 0.715. The molecule has 0 aliphatic carbocycles. The quantitative estimate of drug-likeness (QED) is 0.194. The van der Waals surface area contributed by atoms with E-state index in [-0.39, 0.29) is 0 Å². The predicted octanol–water partition coefficient (Wildman–Crippen LogP) is 7.78. The van der Waals surface area contributed by atoms with Gasteiger partial charge in [0.25, 0.3) is 0 Å². The van der Waals surface area contributed by atoms with Crippen LogP contribution in [0, 0.1) is 20.8 Å². The van der Waals surface area contributed by atoms with Gasteiger partial charge in [0.2, 0.25) is 0 Å². The molecule has 0 amide bonds. The van der Waals surface area contributed by atoms with Gasteiger partial charge in [0.05, 0.1) is 0 Å². The first-order valence-corrected chi connectivity index (χ1v) is 14.5. The van der Waals surface area contributed by atoms with Crippen LogP contribution in [0.5, 0.6) is 11.5 Å². The van der Waals surface area contributed by atoms with Crippen molar-refractivity contribution in [2.24, 2.45) is 0 Å². The number of hydrogen-bond donors (Lipinski definition) is 0. The van der Waals surface area contributed by atoms with E-state index in [1.807, 2.05) is 0 Å². The second-order valence-electron chi connectivity index (χ2n) is 8.65. The van der Waals surface area contributed by atoms with Gasteiger partial charge in [-0.25, -0.2) is 0 Å². The molecule has 0 aromatic heterocycles. The van der Waals surface area contributed by atoms with Gasteiger partial charge < -0.3 is 0 Å². The van der Waals surface area contributed by atoms with Crippen molar-refractivity contribution in [3.8, 4) is 11.5 Å². The Bertz CT molecular complexity index is 611. The Morgan fingerprint density at radius 3 is 2.07 bits per heavy atom. The zero-order chi connectivity index (χ0) is 21.1. The van der Waals surface area contributed by atoms with Crippen molar-refractivity contribution in [2.75, 3.05) is 6.61 Å². The van der Waals surface area contributed by atoms with E-state index in [1.165, 1.54) is 97.1 Å². The first kappa shape index (κ1) is 24.6. The molecular weight excluding hydrogens is 423 g/mol.